The fourth-order valence-corrected chi connectivity index (χ4v) is 2.31. The summed E-state index contributed by atoms with van der Waals surface area (Å²) in [6.07, 6.45) is 3.20. The number of nitrogens with zero attached hydrogens (tertiary/aromatic N) is 1. The molecule has 0 fully saturated rings. The molecular formula is C9H10BrNO3S. The molecule has 0 saturated carbocycles. The predicted molar refractivity (Wildman–Crippen MR) is 60.9 cm³/mol. The van der Waals surface area contributed by atoms with E-state index in [0.29, 0.717) is 0 Å². The van der Waals surface area contributed by atoms with E-state index in [0.717, 1.165) is 10.0 Å². The molecule has 0 aliphatic rings. The highest BCUT2D eigenvalue weighted by Crippen LogP contribution is 2.12. The van der Waals surface area contributed by atoms with E-state index in [1.807, 2.05) is 0 Å². The molecule has 0 spiro atoms. The van der Waals surface area contributed by atoms with Crippen LogP contribution in [0.15, 0.2) is 22.9 Å². The molecule has 6 heteroatoms. The standard InChI is InChI=1S/C9H10BrNO3S/c1-6(9(12)13)15(14)5-7-2-8(10)4-11-3-7/h2-4,6H,5H2,1H3,(H,12,13). The molecule has 0 aliphatic heterocycles. The van der Waals surface area contributed by atoms with Crippen molar-refractivity contribution in [3.8, 4) is 0 Å². The second kappa shape index (κ2) is 5.37. The molecule has 1 N–H and O–H groups in total. The van der Waals surface area contributed by atoms with Crippen LogP contribution in [0.2, 0.25) is 0 Å². The minimum absolute atomic E-state index is 0.208. The van der Waals surface area contributed by atoms with Crippen molar-refractivity contribution in [2.45, 2.75) is 17.9 Å². The Labute approximate surface area is 98.3 Å². The van der Waals surface area contributed by atoms with Crippen LogP contribution in [-0.4, -0.2) is 25.5 Å². The van der Waals surface area contributed by atoms with E-state index in [2.05, 4.69) is 20.9 Å². The Morgan fingerprint density at radius 3 is 2.87 bits per heavy atom. The van der Waals surface area contributed by atoms with E-state index in [-0.39, 0.29) is 5.75 Å². The van der Waals surface area contributed by atoms with E-state index in [9.17, 15) is 9.00 Å². The van der Waals surface area contributed by atoms with Gasteiger partial charge in [0.05, 0.1) is 5.75 Å². The predicted octanol–water partition coefficient (Wildman–Crippen LogP) is 1.57. The Kier molecular flexibility index (Phi) is 4.41. The van der Waals surface area contributed by atoms with Gasteiger partial charge in [-0.3, -0.25) is 14.0 Å². The fourth-order valence-electron chi connectivity index (χ4n) is 0.937. The third kappa shape index (κ3) is 3.71. The maximum absolute atomic E-state index is 11.6. The molecule has 0 aromatic carbocycles. The molecule has 1 aromatic rings. The lowest BCUT2D eigenvalue weighted by Gasteiger charge is -2.06. The SMILES string of the molecule is CC(C(=O)O)S(=O)Cc1cncc(Br)c1. The van der Waals surface area contributed by atoms with Gasteiger partial charge in [0.15, 0.2) is 0 Å². The van der Waals surface area contributed by atoms with Crippen molar-refractivity contribution in [2.24, 2.45) is 0 Å². The van der Waals surface area contributed by atoms with Crippen molar-refractivity contribution < 1.29 is 14.1 Å². The number of carbonyl (C=O) groups is 1. The highest BCUT2D eigenvalue weighted by molar-refractivity contribution is 9.10. The first-order valence-corrected chi connectivity index (χ1v) is 6.37. The lowest BCUT2D eigenvalue weighted by Crippen LogP contribution is -2.22. The summed E-state index contributed by atoms with van der Waals surface area (Å²) in [7, 11) is -1.41. The maximum atomic E-state index is 11.6. The number of aliphatic carboxylic acids is 1. The number of pyridine rings is 1. The molecular weight excluding hydrogens is 282 g/mol. The molecule has 2 atom stereocenters. The number of carboxylic acid groups (broad SMARTS) is 1. The number of rotatable bonds is 4. The largest absolute Gasteiger partial charge is 0.480 e. The molecule has 0 amide bonds. The lowest BCUT2D eigenvalue weighted by molar-refractivity contribution is -0.136. The molecule has 0 radical (unpaired) electrons. The molecule has 0 saturated heterocycles. The minimum atomic E-state index is -1.41. The number of halogens is 1. The third-order valence-electron chi connectivity index (χ3n) is 1.81. The van der Waals surface area contributed by atoms with Crippen LogP contribution in [0.4, 0.5) is 0 Å². The van der Waals surface area contributed by atoms with Gasteiger partial charge < -0.3 is 5.11 Å². The summed E-state index contributed by atoms with van der Waals surface area (Å²) in [5.41, 5.74) is 0.760. The van der Waals surface area contributed by atoms with E-state index in [1.165, 1.54) is 6.92 Å². The van der Waals surface area contributed by atoms with Crippen molar-refractivity contribution in [3.63, 3.8) is 0 Å². The van der Waals surface area contributed by atoms with Gasteiger partial charge in [-0.2, -0.15) is 0 Å². The zero-order valence-corrected chi connectivity index (χ0v) is 10.4. The Morgan fingerprint density at radius 1 is 1.67 bits per heavy atom. The summed E-state index contributed by atoms with van der Waals surface area (Å²) in [4.78, 5) is 14.5. The number of hydrogen-bond donors (Lipinski definition) is 1. The van der Waals surface area contributed by atoms with Gasteiger partial charge in [-0.05, 0) is 34.5 Å². The van der Waals surface area contributed by atoms with Gasteiger partial charge in [0, 0.05) is 27.7 Å². The van der Waals surface area contributed by atoms with E-state index < -0.39 is 22.0 Å². The summed E-state index contributed by atoms with van der Waals surface area (Å²) in [5, 5.41) is 7.81. The first-order chi connectivity index (χ1) is 7.00. The normalized spacial score (nSPS) is 14.5. The van der Waals surface area contributed by atoms with Gasteiger partial charge in [0.25, 0.3) is 0 Å². The molecule has 15 heavy (non-hydrogen) atoms. The van der Waals surface area contributed by atoms with Gasteiger partial charge in [0.2, 0.25) is 0 Å². The van der Waals surface area contributed by atoms with Gasteiger partial charge >= 0.3 is 5.97 Å². The number of hydrogen-bond acceptors (Lipinski definition) is 3. The quantitative estimate of drug-likeness (QED) is 0.914. The Morgan fingerprint density at radius 2 is 2.33 bits per heavy atom. The average Bonchev–Trinajstić information content (AvgIpc) is 2.16. The Bertz CT molecular complexity index is 397. The van der Waals surface area contributed by atoms with E-state index in [1.54, 1.807) is 18.5 Å². The van der Waals surface area contributed by atoms with Crippen LogP contribution in [0.5, 0.6) is 0 Å². The van der Waals surface area contributed by atoms with Crippen LogP contribution in [0.25, 0.3) is 0 Å². The highest BCUT2D eigenvalue weighted by Gasteiger charge is 2.18. The second-order valence-electron chi connectivity index (χ2n) is 3.02. The fraction of sp³-hybridized carbons (Fsp3) is 0.333. The molecule has 82 valence electrons. The summed E-state index contributed by atoms with van der Waals surface area (Å²) in [6, 6.07) is 1.78. The Hall–Kier alpha value is -0.750. The summed E-state index contributed by atoms with van der Waals surface area (Å²) >= 11 is 3.24. The highest BCUT2D eigenvalue weighted by atomic mass is 79.9. The van der Waals surface area contributed by atoms with Crippen molar-refractivity contribution in [3.05, 3.63) is 28.5 Å². The van der Waals surface area contributed by atoms with Crippen molar-refractivity contribution in [1.82, 2.24) is 4.98 Å². The summed E-state index contributed by atoms with van der Waals surface area (Å²) in [6.45, 7) is 1.43. The number of carboxylic acids is 1. The maximum Gasteiger partial charge on any atom is 0.318 e. The summed E-state index contributed by atoms with van der Waals surface area (Å²) < 4.78 is 12.3. The molecule has 4 nitrogen and oxygen atoms in total. The van der Waals surface area contributed by atoms with Crippen LogP contribution >= 0.6 is 15.9 Å². The molecule has 0 aliphatic carbocycles. The van der Waals surface area contributed by atoms with Gasteiger partial charge in [-0.15, -0.1) is 0 Å². The monoisotopic (exact) mass is 291 g/mol. The van der Waals surface area contributed by atoms with Gasteiger partial charge in [-0.1, -0.05) is 0 Å². The van der Waals surface area contributed by atoms with E-state index in [4.69, 9.17) is 5.11 Å². The molecule has 0 bridgehead atoms. The molecule has 1 heterocycles. The minimum Gasteiger partial charge on any atom is -0.480 e. The van der Waals surface area contributed by atoms with Crippen molar-refractivity contribution >= 4 is 32.7 Å². The first kappa shape index (κ1) is 12.3. The van der Waals surface area contributed by atoms with Crippen LogP contribution in [0, 0.1) is 0 Å². The molecule has 1 rings (SSSR count). The van der Waals surface area contributed by atoms with Crippen LogP contribution in [0.3, 0.4) is 0 Å². The van der Waals surface area contributed by atoms with Crippen molar-refractivity contribution in [1.29, 1.82) is 0 Å². The Balaban J connectivity index is 2.70. The zero-order valence-electron chi connectivity index (χ0n) is 8.01. The van der Waals surface area contributed by atoms with Crippen LogP contribution in [0.1, 0.15) is 12.5 Å². The van der Waals surface area contributed by atoms with Gasteiger partial charge in [-0.25, -0.2) is 0 Å². The molecule has 2 unspecified atom stereocenters. The number of aromatic nitrogens is 1. The average molecular weight is 292 g/mol. The van der Waals surface area contributed by atoms with Gasteiger partial charge in [0.1, 0.15) is 5.25 Å². The lowest BCUT2D eigenvalue weighted by atomic mass is 10.3. The second-order valence-corrected chi connectivity index (χ2v) is 5.69. The first-order valence-electron chi connectivity index (χ1n) is 4.20. The van der Waals surface area contributed by atoms with Crippen molar-refractivity contribution in [2.75, 3.05) is 0 Å². The third-order valence-corrected chi connectivity index (χ3v) is 3.85. The molecule has 1 aromatic heterocycles. The zero-order chi connectivity index (χ0) is 11.4. The summed E-state index contributed by atoms with van der Waals surface area (Å²) in [5.74, 6) is -0.837. The van der Waals surface area contributed by atoms with Crippen LogP contribution < -0.4 is 0 Å². The smallest absolute Gasteiger partial charge is 0.318 e. The van der Waals surface area contributed by atoms with Crippen LogP contribution in [-0.2, 0) is 21.3 Å². The van der Waals surface area contributed by atoms with E-state index >= 15 is 0 Å². The topological polar surface area (TPSA) is 67.3 Å².